The van der Waals surface area contributed by atoms with Gasteiger partial charge in [-0.25, -0.2) is 0 Å². The summed E-state index contributed by atoms with van der Waals surface area (Å²) in [5.74, 6) is 1.38. The van der Waals surface area contributed by atoms with E-state index in [2.05, 4.69) is 25.9 Å². The Morgan fingerprint density at radius 2 is 2.11 bits per heavy atom. The van der Waals surface area contributed by atoms with Crippen LogP contribution in [-0.4, -0.2) is 49.1 Å². The van der Waals surface area contributed by atoms with Crippen molar-refractivity contribution >= 4 is 5.91 Å². The van der Waals surface area contributed by atoms with Crippen molar-refractivity contribution in [2.24, 2.45) is 5.92 Å². The summed E-state index contributed by atoms with van der Waals surface area (Å²) in [6, 6.07) is 5.55. The number of aryl methyl sites for hydroxylation is 2. The van der Waals surface area contributed by atoms with Crippen molar-refractivity contribution in [3.05, 3.63) is 40.6 Å². The van der Waals surface area contributed by atoms with E-state index in [-0.39, 0.29) is 18.9 Å². The van der Waals surface area contributed by atoms with Gasteiger partial charge in [-0.15, -0.1) is 10.2 Å². The minimum Gasteiger partial charge on any atom is -0.494 e. The van der Waals surface area contributed by atoms with Gasteiger partial charge in [-0.05, 0) is 60.1 Å². The molecule has 0 bridgehead atoms. The van der Waals surface area contributed by atoms with Crippen LogP contribution in [0, 0.1) is 5.92 Å². The molecule has 190 valence electrons. The highest BCUT2D eigenvalue weighted by molar-refractivity contribution is 6.02. The molecule has 1 amide bonds. The first kappa shape index (κ1) is 23.0. The Morgan fingerprint density at radius 1 is 1.25 bits per heavy atom. The van der Waals surface area contributed by atoms with E-state index < -0.39 is 18.1 Å². The fourth-order valence-corrected chi connectivity index (χ4v) is 5.44. The van der Waals surface area contributed by atoms with Crippen molar-refractivity contribution < 1.29 is 22.7 Å². The van der Waals surface area contributed by atoms with Crippen LogP contribution in [0.5, 0.6) is 5.75 Å². The number of rotatable bonds is 8. The number of nitrogens with one attached hydrogen (secondary N) is 2. The van der Waals surface area contributed by atoms with Crippen molar-refractivity contribution in [3.63, 3.8) is 0 Å². The first-order valence-corrected chi connectivity index (χ1v) is 12.3. The number of hydrogen-bond acceptors (Lipinski definition) is 6. The van der Waals surface area contributed by atoms with Crippen molar-refractivity contribution in [2.75, 3.05) is 6.61 Å². The van der Waals surface area contributed by atoms with Crippen LogP contribution in [0.15, 0.2) is 18.2 Å². The molecule has 0 saturated heterocycles. The van der Waals surface area contributed by atoms with Crippen LogP contribution in [0.2, 0.25) is 0 Å². The fourth-order valence-electron chi connectivity index (χ4n) is 5.44. The molecule has 1 atom stereocenters. The number of carbonyl (C=O) groups excluding carboxylic acids is 1. The average molecular weight is 502 g/mol. The molecule has 36 heavy (non-hydrogen) atoms. The molecule has 9 nitrogen and oxygen atoms in total. The molecule has 1 aliphatic heterocycles. The van der Waals surface area contributed by atoms with Gasteiger partial charge in [0.1, 0.15) is 11.4 Å². The molecule has 1 fully saturated rings. The lowest BCUT2D eigenvalue weighted by atomic mass is 9.82. The number of H-pyrrole nitrogens is 1. The number of tetrazole rings is 1. The number of halogens is 3. The minimum atomic E-state index is -4.18. The van der Waals surface area contributed by atoms with E-state index in [1.54, 1.807) is 6.07 Å². The lowest BCUT2D eigenvalue weighted by Gasteiger charge is -2.35. The van der Waals surface area contributed by atoms with Gasteiger partial charge in [0.15, 0.2) is 0 Å². The molecule has 2 N–H and O–H groups in total. The monoisotopic (exact) mass is 501 g/mol. The van der Waals surface area contributed by atoms with Gasteiger partial charge < -0.3 is 10.1 Å². The van der Waals surface area contributed by atoms with Gasteiger partial charge in [0, 0.05) is 19.4 Å². The Kier molecular flexibility index (Phi) is 5.49. The van der Waals surface area contributed by atoms with Crippen LogP contribution < -0.4 is 10.1 Å². The maximum atomic E-state index is 13.5. The van der Waals surface area contributed by atoms with Gasteiger partial charge in [-0.1, -0.05) is 18.9 Å². The van der Waals surface area contributed by atoms with E-state index >= 15 is 0 Å². The molecule has 1 aromatic carbocycles. The summed E-state index contributed by atoms with van der Waals surface area (Å²) in [5, 5.41) is 22.5. The van der Waals surface area contributed by atoms with Gasteiger partial charge in [0.2, 0.25) is 5.82 Å². The molecule has 0 unspecified atom stereocenters. The molecular weight excluding hydrogens is 475 g/mol. The zero-order chi connectivity index (χ0) is 24.9. The molecule has 3 aromatic rings. The Hall–Kier alpha value is -3.44. The first-order valence-electron chi connectivity index (χ1n) is 12.3. The minimum absolute atomic E-state index is 0.000682. The highest BCUT2D eigenvalue weighted by Crippen LogP contribution is 2.44. The summed E-state index contributed by atoms with van der Waals surface area (Å²) in [4.78, 5) is 13.5. The summed E-state index contributed by atoms with van der Waals surface area (Å²) in [6.45, 7) is 0.689. The Balaban J connectivity index is 1.25. The van der Waals surface area contributed by atoms with Crippen molar-refractivity contribution in [2.45, 2.75) is 69.6 Å². The Morgan fingerprint density at radius 3 is 2.86 bits per heavy atom. The largest absolute Gasteiger partial charge is 0.494 e. The summed E-state index contributed by atoms with van der Waals surface area (Å²) in [6.07, 6.45) is 0.285. The third-order valence-corrected chi connectivity index (χ3v) is 7.36. The lowest BCUT2D eigenvalue weighted by Crippen LogP contribution is -2.49. The first-order chi connectivity index (χ1) is 17.3. The van der Waals surface area contributed by atoms with Crippen molar-refractivity contribution in [1.82, 2.24) is 35.7 Å². The van der Waals surface area contributed by atoms with Crippen LogP contribution in [-0.2, 0) is 24.9 Å². The highest BCUT2D eigenvalue weighted by Gasteiger charge is 2.47. The lowest BCUT2D eigenvalue weighted by molar-refractivity contribution is -0.136. The third-order valence-electron chi connectivity index (χ3n) is 7.36. The Labute approximate surface area is 204 Å². The number of hydrogen-bond donors (Lipinski definition) is 2. The number of ether oxygens (including phenoxy) is 1. The molecule has 1 spiro atoms. The summed E-state index contributed by atoms with van der Waals surface area (Å²) >= 11 is 0. The zero-order valence-corrected chi connectivity index (χ0v) is 19.6. The van der Waals surface area contributed by atoms with Crippen molar-refractivity contribution in [3.8, 4) is 17.3 Å². The molecule has 0 radical (unpaired) electrons. The van der Waals surface area contributed by atoms with E-state index in [1.165, 1.54) is 12.8 Å². The van der Waals surface area contributed by atoms with Gasteiger partial charge in [-0.2, -0.15) is 23.5 Å². The quantitative estimate of drug-likeness (QED) is 0.456. The normalized spacial score (nSPS) is 20.9. The molecule has 1 saturated carbocycles. The number of alkyl halides is 3. The van der Waals surface area contributed by atoms with E-state index in [0.29, 0.717) is 48.1 Å². The van der Waals surface area contributed by atoms with E-state index in [1.807, 2.05) is 16.8 Å². The molecule has 12 heteroatoms. The van der Waals surface area contributed by atoms with E-state index in [9.17, 15) is 18.0 Å². The zero-order valence-electron chi connectivity index (χ0n) is 19.6. The maximum Gasteiger partial charge on any atom is 0.389 e. The predicted molar refractivity (Wildman–Crippen MR) is 121 cm³/mol. The standard InChI is InChI=1S/C24H26F3N7O2/c25-24(26,27)8-1-11-36-16-4-5-17-15(12-16)6-9-23(17)13-18-19(22(35)28-23)20(21-29-32-33-30-21)34(31-18)10-7-14-2-3-14/h4-5,12,14H,1-3,6-11,13H2,(H,28,35)(H,29,30,32,33)/t23-/m0/s1. The molecule has 3 aliphatic rings. The second-order valence-electron chi connectivity index (χ2n) is 9.96. The maximum absolute atomic E-state index is 13.5. The van der Waals surface area contributed by atoms with E-state index in [0.717, 1.165) is 29.7 Å². The molecule has 2 aromatic heterocycles. The van der Waals surface area contributed by atoms with Crippen LogP contribution in [0.3, 0.4) is 0 Å². The average Bonchev–Trinajstić information content (AvgIpc) is 3.22. The molecule has 2 aliphatic carbocycles. The predicted octanol–water partition coefficient (Wildman–Crippen LogP) is 3.71. The van der Waals surface area contributed by atoms with Gasteiger partial charge in [-0.3, -0.25) is 9.48 Å². The second kappa shape index (κ2) is 8.59. The van der Waals surface area contributed by atoms with Gasteiger partial charge >= 0.3 is 6.18 Å². The highest BCUT2D eigenvalue weighted by atomic mass is 19.4. The SMILES string of the molecule is O=C1N[C@@]2(CCc3cc(OCCCC(F)(F)F)ccc32)Cc2nn(CCC3CC3)c(-c3nn[nH]n3)c21. The van der Waals surface area contributed by atoms with Gasteiger partial charge in [0.05, 0.1) is 23.4 Å². The number of fused-ring (bicyclic) bond motifs is 3. The number of carbonyl (C=O) groups is 1. The summed E-state index contributed by atoms with van der Waals surface area (Å²) in [7, 11) is 0. The summed E-state index contributed by atoms with van der Waals surface area (Å²) < 4.78 is 44.6. The number of benzene rings is 1. The van der Waals surface area contributed by atoms with Crippen LogP contribution in [0.1, 0.15) is 65.7 Å². The summed E-state index contributed by atoms with van der Waals surface area (Å²) in [5.41, 5.74) is 3.24. The smallest absolute Gasteiger partial charge is 0.389 e. The number of aromatic amines is 1. The third kappa shape index (κ3) is 4.33. The van der Waals surface area contributed by atoms with Crippen molar-refractivity contribution in [1.29, 1.82) is 0 Å². The van der Waals surface area contributed by atoms with Crippen LogP contribution >= 0.6 is 0 Å². The number of aromatic nitrogens is 6. The van der Waals surface area contributed by atoms with Crippen LogP contribution in [0.4, 0.5) is 13.2 Å². The Bertz CT molecular complexity index is 1280. The van der Waals surface area contributed by atoms with Crippen LogP contribution in [0.25, 0.3) is 11.5 Å². The second-order valence-corrected chi connectivity index (χ2v) is 9.96. The van der Waals surface area contributed by atoms with E-state index in [4.69, 9.17) is 9.84 Å². The number of nitrogens with zero attached hydrogens (tertiary/aromatic N) is 5. The molecule has 6 rings (SSSR count). The topological polar surface area (TPSA) is 111 Å². The van der Waals surface area contributed by atoms with Gasteiger partial charge in [0.25, 0.3) is 5.91 Å². The molecule has 3 heterocycles. The number of amides is 1. The fraction of sp³-hybridized carbons (Fsp3) is 0.542. The molecular formula is C24H26F3N7O2.